The first-order valence-corrected chi connectivity index (χ1v) is 6.52. The molecule has 88 valence electrons. The molecule has 0 fully saturated rings. The Hall–Kier alpha value is -1.00. The number of hydrogen-bond donors (Lipinski definition) is 0. The van der Waals surface area contributed by atoms with E-state index in [1.165, 1.54) is 36.8 Å². The van der Waals surface area contributed by atoms with E-state index in [1.54, 1.807) is 0 Å². The zero-order valence-electron chi connectivity index (χ0n) is 11.1. The fraction of sp³-hybridized carbons (Fsp3) is 0.562. The van der Waals surface area contributed by atoms with Crippen LogP contribution >= 0.6 is 0 Å². The predicted octanol–water partition coefficient (Wildman–Crippen LogP) is 5.19. The maximum absolute atomic E-state index is 3.32. The van der Waals surface area contributed by atoms with E-state index in [-0.39, 0.29) is 5.41 Å². The van der Waals surface area contributed by atoms with Crippen LogP contribution in [0.15, 0.2) is 41.2 Å². The van der Waals surface area contributed by atoms with Gasteiger partial charge in [-0.2, -0.15) is 0 Å². The molecule has 0 nitrogen and oxygen atoms in total. The average molecular weight is 216 g/mol. The van der Waals surface area contributed by atoms with Crippen molar-refractivity contribution in [3.8, 4) is 0 Å². The topological polar surface area (TPSA) is 0 Å². The SMILES string of the molecule is CC.CC1(C)C=C=CC2=C(/C=C\1)CCCC2. The van der Waals surface area contributed by atoms with E-state index in [0.29, 0.717) is 0 Å². The van der Waals surface area contributed by atoms with Crippen molar-refractivity contribution in [3.05, 3.63) is 41.2 Å². The highest BCUT2D eigenvalue weighted by molar-refractivity contribution is 5.37. The van der Waals surface area contributed by atoms with Crippen molar-refractivity contribution in [2.75, 3.05) is 0 Å². The Morgan fingerprint density at radius 2 is 1.69 bits per heavy atom. The van der Waals surface area contributed by atoms with Crippen LogP contribution in [0, 0.1) is 5.41 Å². The van der Waals surface area contributed by atoms with Crippen molar-refractivity contribution in [1.82, 2.24) is 0 Å². The van der Waals surface area contributed by atoms with Crippen LogP contribution in [-0.2, 0) is 0 Å². The molecular weight excluding hydrogens is 192 g/mol. The maximum atomic E-state index is 3.32. The Kier molecular flexibility index (Phi) is 4.83. The molecule has 2 aliphatic rings. The van der Waals surface area contributed by atoms with Crippen molar-refractivity contribution in [2.45, 2.75) is 53.4 Å². The lowest BCUT2D eigenvalue weighted by atomic mass is 9.86. The van der Waals surface area contributed by atoms with Crippen LogP contribution < -0.4 is 0 Å². The van der Waals surface area contributed by atoms with Gasteiger partial charge in [-0.15, -0.1) is 5.73 Å². The Labute approximate surface area is 100 Å². The summed E-state index contributed by atoms with van der Waals surface area (Å²) < 4.78 is 0. The standard InChI is InChI=1S/C14H18.C2H6/c1-14(2)10-5-8-12-6-3-4-7-13(12)9-11-14;1-2/h8-11H,3-4,6-7H2,1-2H3;1-2H3/b11-9-;. The van der Waals surface area contributed by atoms with Crippen molar-refractivity contribution in [3.63, 3.8) is 0 Å². The van der Waals surface area contributed by atoms with Gasteiger partial charge in [0.25, 0.3) is 0 Å². The van der Waals surface area contributed by atoms with Crippen LogP contribution in [0.4, 0.5) is 0 Å². The first-order chi connectivity index (χ1) is 7.67. The van der Waals surface area contributed by atoms with Gasteiger partial charge in [-0.25, -0.2) is 0 Å². The van der Waals surface area contributed by atoms with Gasteiger partial charge < -0.3 is 0 Å². The minimum atomic E-state index is 0.159. The zero-order valence-corrected chi connectivity index (χ0v) is 11.1. The molecule has 0 bridgehead atoms. The Morgan fingerprint density at radius 1 is 1.06 bits per heavy atom. The van der Waals surface area contributed by atoms with Crippen LogP contribution in [0.3, 0.4) is 0 Å². The number of rotatable bonds is 0. The van der Waals surface area contributed by atoms with E-state index < -0.39 is 0 Å². The summed E-state index contributed by atoms with van der Waals surface area (Å²) in [5.74, 6) is 0. The van der Waals surface area contributed by atoms with Gasteiger partial charge in [0.15, 0.2) is 0 Å². The Morgan fingerprint density at radius 3 is 2.38 bits per heavy atom. The zero-order chi connectivity index (χ0) is 12.0. The lowest BCUT2D eigenvalue weighted by Gasteiger charge is -2.19. The van der Waals surface area contributed by atoms with Gasteiger partial charge >= 0.3 is 0 Å². The van der Waals surface area contributed by atoms with Crippen LogP contribution in [-0.4, -0.2) is 0 Å². The highest BCUT2D eigenvalue weighted by Gasteiger charge is 2.13. The molecule has 0 heteroatoms. The molecule has 0 heterocycles. The largest absolute Gasteiger partial charge is 0.124 e. The second-order valence-electron chi connectivity index (χ2n) is 4.87. The van der Waals surface area contributed by atoms with Crippen molar-refractivity contribution in [1.29, 1.82) is 0 Å². The molecule has 0 saturated heterocycles. The first-order valence-electron chi connectivity index (χ1n) is 6.52. The molecule has 0 N–H and O–H groups in total. The molecular formula is C16H24. The Bertz CT molecular complexity index is 344. The van der Waals surface area contributed by atoms with E-state index in [1.807, 2.05) is 13.8 Å². The predicted molar refractivity (Wildman–Crippen MR) is 72.4 cm³/mol. The summed E-state index contributed by atoms with van der Waals surface area (Å²) in [4.78, 5) is 0. The van der Waals surface area contributed by atoms with Crippen molar-refractivity contribution >= 4 is 0 Å². The second kappa shape index (κ2) is 5.92. The molecule has 0 aromatic carbocycles. The quantitative estimate of drug-likeness (QED) is 0.489. The van der Waals surface area contributed by atoms with E-state index in [2.05, 4.69) is 43.9 Å². The summed E-state index contributed by atoms with van der Waals surface area (Å²) in [6, 6.07) is 0. The van der Waals surface area contributed by atoms with Gasteiger partial charge in [-0.1, -0.05) is 39.8 Å². The third-order valence-electron chi connectivity index (χ3n) is 2.98. The van der Waals surface area contributed by atoms with Crippen molar-refractivity contribution < 1.29 is 0 Å². The van der Waals surface area contributed by atoms with E-state index in [9.17, 15) is 0 Å². The molecule has 0 spiro atoms. The smallest absolute Gasteiger partial charge is 0.00830 e. The number of hydrogen-bond acceptors (Lipinski definition) is 0. The second-order valence-corrected chi connectivity index (χ2v) is 4.87. The summed E-state index contributed by atoms with van der Waals surface area (Å²) in [6.45, 7) is 8.44. The monoisotopic (exact) mass is 216 g/mol. The molecule has 0 unspecified atom stereocenters. The van der Waals surface area contributed by atoms with Crippen LogP contribution in [0.5, 0.6) is 0 Å². The van der Waals surface area contributed by atoms with Crippen molar-refractivity contribution in [2.24, 2.45) is 5.41 Å². The lowest BCUT2D eigenvalue weighted by Crippen LogP contribution is -2.04. The molecule has 16 heavy (non-hydrogen) atoms. The summed E-state index contributed by atoms with van der Waals surface area (Å²) in [5.41, 5.74) is 6.51. The summed E-state index contributed by atoms with van der Waals surface area (Å²) in [6.07, 6.45) is 14.1. The third kappa shape index (κ3) is 3.54. The Balaban J connectivity index is 0.000000606. The van der Waals surface area contributed by atoms with E-state index >= 15 is 0 Å². The van der Waals surface area contributed by atoms with Crippen LogP contribution in [0.2, 0.25) is 0 Å². The summed E-state index contributed by atoms with van der Waals surface area (Å²) in [5, 5.41) is 0. The van der Waals surface area contributed by atoms with Crippen LogP contribution in [0.1, 0.15) is 53.4 Å². The molecule has 2 rings (SSSR count). The molecule has 0 saturated carbocycles. The first kappa shape index (κ1) is 13.1. The molecule has 2 aliphatic carbocycles. The molecule has 0 radical (unpaired) electrons. The fourth-order valence-electron chi connectivity index (χ4n) is 2.03. The van der Waals surface area contributed by atoms with E-state index in [4.69, 9.17) is 0 Å². The van der Waals surface area contributed by atoms with Gasteiger partial charge in [0, 0.05) is 5.41 Å². The number of allylic oxidation sites excluding steroid dienone is 5. The van der Waals surface area contributed by atoms with Crippen LogP contribution in [0.25, 0.3) is 0 Å². The minimum Gasteiger partial charge on any atom is -0.124 e. The fourth-order valence-corrected chi connectivity index (χ4v) is 2.03. The summed E-state index contributed by atoms with van der Waals surface area (Å²) >= 11 is 0. The minimum absolute atomic E-state index is 0.159. The van der Waals surface area contributed by atoms with Gasteiger partial charge in [0.05, 0.1) is 0 Å². The molecule has 0 atom stereocenters. The molecule has 0 aliphatic heterocycles. The average Bonchev–Trinajstić information content (AvgIpc) is 2.28. The van der Waals surface area contributed by atoms with Gasteiger partial charge in [0.2, 0.25) is 0 Å². The normalized spacial score (nSPS) is 23.8. The van der Waals surface area contributed by atoms with Gasteiger partial charge in [0.1, 0.15) is 0 Å². The summed E-state index contributed by atoms with van der Waals surface area (Å²) in [7, 11) is 0. The lowest BCUT2D eigenvalue weighted by molar-refractivity contribution is 0.621. The van der Waals surface area contributed by atoms with E-state index in [0.717, 1.165) is 0 Å². The highest BCUT2D eigenvalue weighted by atomic mass is 14.2. The third-order valence-corrected chi connectivity index (χ3v) is 2.98. The maximum Gasteiger partial charge on any atom is 0.00830 e. The van der Waals surface area contributed by atoms with Gasteiger partial charge in [-0.05, 0) is 49.0 Å². The molecule has 0 aromatic heterocycles. The highest BCUT2D eigenvalue weighted by Crippen LogP contribution is 2.30. The van der Waals surface area contributed by atoms with Gasteiger partial charge in [-0.3, -0.25) is 0 Å². The molecule has 0 aromatic rings. The molecule has 0 amide bonds.